The smallest absolute Gasteiger partial charge is 0.265 e. The molecule has 0 aromatic heterocycles. The summed E-state index contributed by atoms with van der Waals surface area (Å²) in [7, 11) is 0. The number of rotatable bonds is 3. The third kappa shape index (κ3) is 3.44. The van der Waals surface area contributed by atoms with Crippen molar-refractivity contribution < 1.29 is 19.0 Å². The van der Waals surface area contributed by atoms with Crippen LogP contribution in [0.5, 0.6) is 11.5 Å². The Hall–Kier alpha value is -2.05. The van der Waals surface area contributed by atoms with Gasteiger partial charge in [0.25, 0.3) is 5.91 Å². The predicted octanol–water partition coefficient (Wildman–Crippen LogP) is 3.41. The lowest BCUT2D eigenvalue weighted by molar-refractivity contribution is -0.134. The molecule has 1 N–H and O–H groups in total. The van der Waals surface area contributed by atoms with E-state index in [0.717, 1.165) is 22.9 Å². The Bertz CT molecular complexity index is 804. The van der Waals surface area contributed by atoms with Crippen LogP contribution >= 0.6 is 15.9 Å². The molecule has 5 nitrogen and oxygen atoms in total. The van der Waals surface area contributed by atoms with Crippen molar-refractivity contribution in [1.82, 2.24) is 5.32 Å². The molecule has 2 aromatic carbocycles. The number of fused-ring (bicyclic) bond motifs is 1. The summed E-state index contributed by atoms with van der Waals surface area (Å²) >= 11 is 3.53. The second kappa shape index (κ2) is 7.29. The quantitative estimate of drug-likeness (QED) is 0.830. The van der Waals surface area contributed by atoms with Crippen molar-refractivity contribution in [1.29, 1.82) is 0 Å². The van der Waals surface area contributed by atoms with Crippen LogP contribution in [-0.2, 0) is 15.1 Å². The van der Waals surface area contributed by atoms with Gasteiger partial charge in [0.05, 0.1) is 5.54 Å². The van der Waals surface area contributed by atoms with Crippen LogP contribution in [0, 0.1) is 0 Å². The molecule has 0 radical (unpaired) electrons. The maximum Gasteiger partial charge on any atom is 0.265 e. The number of carbonyl (C=O) groups is 1. The van der Waals surface area contributed by atoms with Gasteiger partial charge in [-0.1, -0.05) is 40.2 Å². The van der Waals surface area contributed by atoms with E-state index in [1.54, 1.807) is 0 Å². The van der Waals surface area contributed by atoms with Gasteiger partial charge in [0.1, 0.15) is 6.61 Å². The third-order valence-corrected chi connectivity index (χ3v) is 5.38. The molecule has 0 bridgehead atoms. The summed E-state index contributed by atoms with van der Waals surface area (Å²) in [5.74, 6) is 1.10. The van der Waals surface area contributed by atoms with Gasteiger partial charge in [0.15, 0.2) is 11.5 Å². The fourth-order valence-electron chi connectivity index (χ4n) is 3.46. The highest BCUT2D eigenvalue weighted by Gasteiger charge is 2.39. The minimum absolute atomic E-state index is 0.165. The van der Waals surface area contributed by atoms with Crippen molar-refractivity contribution in [2.75, 3.05) is 19.8 Å². The number of amides is 1. The number of hydrogen-bond acceptors (Lipinski definition) is 4. The molecule has 136 valence electrons. The fourth-order valence-corrected chi connectivity index (χ4v) is 3.86. The van der Waals surface area contributed by atoms with E-state index >= 15 is 0 Å². The molecule has 1 atom stereocenters. The molecule has 6 heteroatoms. The van der Waals surface area contributed by atoms with Gasteiger partial charge in [0, 0.05) is 17.7 Å². The number of para-hydroxylation sites is 2. The van der Waals surface area contributed by atoms with E-state index in [2.05, 4.69) is 27.3 Å². The Kier molecular flexibility index (Phi) is 4.87. The molecule has 2 heterocycles. The molecule has 1 fully saturated rings. The zero-order chi connectivity index (χ0) is 18.0. The summed E-state index contributed by atoms with van der Waals surface area (Å²) in [6.45, 7) is 1.42. The molecule has 1 amide bonds. The van der Waals surface area contributed by atoms with Gasteiger partial charge in [0.2, 0.25) is 6.10 Å². The molecule has 2 aromatic rings. The second-order valence-electron chi connectivity index (χ2n) is 6.56. The average molecular weight is 418 g/mol. The lowest BCUT2D eigenvalue weighted by Crippen LogP contribution is -2.55. The molecular weight excluding hydrogens is 398 g/mol. The van der Waals surface area contributed by atoms with Crippen molar-refractivity contribution in [2.24, 2.45) is 0 Å². The second-order valence-corrected chi connectivity index (χ2v) is 7.47. The van der Waals surface area contributed by atoms with E-state index in [9.17, 15) is 4.79 Å². The first-order valence-electron chi connectivity index (χ1n) is 8.71. The number of ether oxygens (including phenoxy) is 3. The normalized spacial score (nSPS) is 21.0. The summed E-state index contributed by atoms with van der Waals surface area (Å²) in [6, 6.07) is 15.5. The highest BCUT2D eigenvalue weighted by atomic mass is 79.9. The molecular formula is C20H20BrNO4. The van der Waals surface area contributed by atoms with Crippen LogP contribution in [0.4, 0.5) is 0 Å². The van der Waals surface area contributed by atoms with Gasteiger partial charge >= 0.3 is 0 Å². The Morgan fingerprint density at radius 1 is 1.08 bits per heavy atom. The first-order valence-corrected chi connectivity index (χ1v) is 9.50. The molecule has 4 rings (SSSR count). The standard InChI is InChI=1S/C20H20BrNO4/c21-15-5-3-4-14(12-15)20(8-10-24-11-9-20)22-19(23)18-13-25-16-6-1-2-7-17(16)26-18/h1-7,12,18H,8-11,13H2,(H,22,23). The summed E-state index contributed by atoms with van der Waals surface area (Å²) in [6.07, 6.45) is 0.774. The zero-order valence-corrected chi connectivity index (χ0v) is 15.8. The van der Waals surface area contributed by atoms with Crippen LogP contribution in [0.15, 0.2) is 53.0 Å². The third-order valence-electron chi connectivity index (χ3n) is 4.89. The maximum absolute atomic E-state index is 13.0. The van der Waals surface area contributed by atoms with Crippen LogP contribution in [0.25, 0.3) is 0 Å². The molecule has 2 aliphatic rings. The number of nitrogens with one attached hydrogen (secondary N) is 1. The number of benzene rings is 2. The van der Waals surface area contributed by atoms with Gasteiger partial charge in [-0.2, -0.15) is 0 Å². The van der Waals surface area contributed by atoms with E-state index in [4.69, 9.17) is 14.2 Å². The molecule has 26 heavy (non-hydrogen) atoms. The largest absolute Gasteiger partial charge is 0.485 e. The Balaban J connectivity index is 1.56. The van der Waals surface area contributed by atoms with Crippen molar-refractivity contribution in [3.63, 3.8) is 0 Å². The van der Waals surface area contributed by atoms with E-state index in [1.165, 1.54) is 0 Å². The lowest BCUT2D eigenvalue weighted by Gasteiger charge is -2.40. The van der Waals surface area contributed by atoms with E-state index in [1.807, 2.05) is 42.5 Å². The zero-order valence-electron chi connectivity index (χ0n) is 14.2. The molecule has 1 unspecified atom stereocenters. The van der Waals surface area contributed by atoms with Crippen LogP contribution in [0.1, 0.15) is 18.4 Å². The number of halogens is 1. The van der Waals surface area contributed by atoms with E-state index in [0.29, 0.717) is 24.7 Å². The summed E-state index contributed by atoms with van der Waals surface area (Å²) in [5, 5.41) is 3.23. The van der Waals surface area contributed by atoms with Crippen LogP contribution in [0.3, 0.4) is 0 Å². The summed E-state index contributed by atoms with van der Waals surface area (Å²) in [5.41, 5.74) is 0.611. The Labute approximate surface area is 160 Å². The van der Waals surface area contributed by atoms with Crippen molar-refractivity contribution >= 4 is 21.8 Å². The molecule has 0 aliphatic carbocycles. The molecule has 0 saturated carbocycles. The predicted molar refractivity (Wildman–Crippen MR) is 100 cm³/mol. The van der Waals surface area contributed by atoms with Crippen LogP contribution in [0.2, 0.25) is 0 Å². The fraction of sp³-hybridized carbons (Fsp3) is 0.350. The van der Waals surface area contributed by atoms with Crippen molar-refractivity contribution in [3.8, 4) is 11.5 Å². The lowest BCUT2D eigenvalue weighted by atomic mass is 9.82. The SMILES string of the molecule is O=C(NC1(c2cccc(Br)c2)CCOCC1)C1COc2ccccc2O1. The monoisotopic (exact) mass is 417 g/mol. The topological polar surface area (TPSA) is 56.8 Å². The average Bonchev–Trinajstić information content (AvgIpc) is 2.68. The minimum Gasteiger partial charge on any atom is -0.485 e. The van der Waals surface area contributed by atoms with Gasteiger partial charge in [-0.15, -0.1) is 0 Å². The van der Waals surface area contributed by atoms with Crippen molar-refractivity contribution in [3.05, 3.63) is 58.6 Å². The Morgan fingerprint density at radius 3 is 2.62 bits per heavy atom. The first-order chi connectivity index (χ1) is 12.7. The van der Waals surface area contributed by atoms with Gasteiger partial charge < -0.3 is 19.5 Å². The first kappa shape index (κ1) is 17.4. The Morgan fingerprint density at radius 2 is 1.85 bits per heavy atom. The van der Waals surface area contributed by atoms with Crippen LogP contribution in [-0.4, -0.2) is 31.8 Å². The highest BCUT2D eigenvalue weighted by Crippen LogP contribution is 2.35. The minimum atomic E-state index is -0.670. The van der Waals surface area contributed by atoms with Crippen LogP contribution < -0.4 is 14.8 Å². The van der Waals surface area contributed by atoms with E-state index in [-0.39, 0.29) is 12.5 Å². The number of hydrogen-bond donors (Lipinski definition) is 1. The van der Waals surface area contributed by atoms with Gasteiger partial charge in [-0.3, -0.25) is 4.79 Å². The highest BCUT2D eigenvalue weighted by molar-refractivity contribution is 9.10. The van der Waals surface area contributed by atoms with E-state index < -0.39 is 11.6 Å². The summed E-state index contributed by atoms with van der Waals surface area (Å²) in [4.78, 5) is 13.0. The van der Waals surface area contributed by atoms with Crippen molar-refractivity contribution in [2.45, 2.75) is 24.5 Å². The molecule has 1 saturated heterocycles. The molecule has 0 spiro atoms. The molecule has 2 aliphatic heterocycles. The maximum atomic E-state index is 13.0. The van der Waals surface area contributed by atoms with Gasteiger partial charge in [-0.05, 0) is 42.7 Å². The van der Waals surface area contributed by atoms with Gasteiger partial charge in [-0.25, -0.2) is 0 Å². The number of carbonyl (C=O) groups excluding carboxylic acids is 1. The summed E-state index contributed by atoms with van der Waals surface area (Å²) < 4.78 is 18.1.